The molecule has 1 aliphatic rings. The molecule has 0 aliphatic carbocycles. The Morgan fingerprint density at radius 1 is 1.33 bits per heavy atom. The lowest BCUT2D eigenvalue weighted by atomic mass is 10.00. The van der Waals surface area contributed by atoms with Crippen LogP contribution in [0.15, 0.2) is 17.1 Å². The number of hydrogen-bond donors (Lipinski definition) is 2. The van der Waals surface area contributed by atoms with Crippen molar-refractivity contribution in [3.05, 3.63) is 22.7 Å². The van der Waals surface area contributed by atoms with Gasteiger partial charge in [0.15, 0.2) is 0 Å². The molecule has 3 atom stereocenters. The highest BCUT2D eigenvalue weighted by molar-refractivity contribution is 8.00. The Balaban J connectivity index is 2.04. The maximum Gasteiger partial charge on any atom is 0.413 e. The van der Waals surface area contributed by atoms with Gasteiger partial charge in [-0.3, -0.25) is 19.5 Å². The Bertz CT molecular complexity index is 950. The fourth-order valence-corrected chi connectivity index (χ4v) is 3.32. The second-order valence-electron chi connectivity index (χ2n) is 8.19. The van der Waals surface area contributed by atoms with Gasteiger partial charge in [0.2, 0.25) is 6.23 Å². The monoisotopic (exact) mass is 493 g/mol. The minimum Gasteiger partial charge on any atom is -0.481 e. The van der Waals surface area contributed by atoms with Crippen LogP contribution >= 0.6 is 11.8 Å². The first-order valence-electron chi connectivity index (χ1n) is 9.78. The number of alkyl halides is 2. The van der Waals surface area contributed by atoms with E-state index in [2.05, 4.69) is 10.3 Å². The van der Waals surface area contributed by atoms with Gasteiger partial charge in [0.1, 0.15) is 24.1 Å². The number of rotatable bonds is 8. The van der Waals surface area contributed by atoms with Gasteiger partial charge < -0.3 is 19.3 Å². The van der Waals surface area contributed by atoms with Crippen LogP contribution in [0.3, 0.4) is 0 Å². The van der Waals surface area contributed by atoms with Gasteiger partial charge in [-0.05, 0) is 26.8 Å². The number of halogens is 2. The lowest BCUT2D eigenvalue weighted by Crippen LogP contribution is -2.38. The van der Waals surface area contributed by atoms with Gasteiger partial charge in [-0.15, -0.1) is 11.8 Å². The van der Waals surface area contributed by atoms with Crippen molar-refractivity contribution in [1.82, 2.24) is 9.55 Å². The van der Waals surface area contributed by atoms with Gasteiger partial charge in [0.05, 0.1) is 17.4 Å². The van der Waals surface area contributed by atoms with E-state index >= 15 is 0 Å². The van der Waals surface area contributed by atoms with E-state index in [1.54, 1.807) is 20.8 Å². The zero-order valence-electron chi connectivity index (χ0n) is 18.4. The summed E-state index contributed by atoms with van der Waals surface area (Å²) in [5.74, 6) is -7.55. The van der Waals surface area contributed by atoms with Crippen LogP contribution in [-0.2, 0) is 23.8 Å². The predicted octanol–water partition coefficient (Wildman–Crippen LogP) is 2.12. The predicted molar refractivity (Wildman–Crippen MR) is 112 cm³/mol. The average molecular weight is 493 g/mol. The molecule has 1 amide bonds. The second kappa shape index (κ2) is 10.5. The van der Waals surface area contributed by atoms with Gasteiger partial charge in [-0.25, -0.2) is 18.4 Å². The third kappa shape index (κ3) is 7.39. The number of nitrogens with zero attached hydrogens (tertiary/aromatic N) is 2. The molecular weight excluding hydrogens is 468 g/mol. The number of aliphatic carboxylic acids is 1. The first kappa shape index (κ1) is 26.5. The van der Waals surface area contributed by atoms with Crippen LogP contribution in [0, 0.1) is 5.92 Å². The van der Waals surface area contributed by atoms with E-state index in [1.165, 1.54) is 6.92 Å². The summed E-state index contributed by atoms with van der Waals surface area (Å²) in [5.41, 5.74) is -1.88. The van der Waals surface area contributed by atoms with E-state index in [1.807, 2.05) is 0 Å². The van der Waals surface area contributed by atoms with Gasteiger partial charge in [-0.1, -0.05) is 6.92 Å². The van der Waals surface area contributed by atoms with Crippen LogP contribution in [0.25, 0.3) is 0 Å². The van der Waals surface area contributed by atoms with Crippen molar-refractivity contribution in [2.75, 3.05) is 23.4 Å². The molecule has 2 N–H and O–H groups in total. The summed E-state index contributed by atoms with van der Waals surface area (Å²) in [5, 5.41) is 10.8. The van der Waals surface area contributed by atoms with Crippen LogP contribution in [0.4, 0.5) is 19.4 Å². The van der Waals surface area contributed by atoms with Crippen molar-refractivity contribution in [2.45, 2.75) is 51.6 Å². The number of nitrogens with one attached hydrogen (secondary N) is 1. The van der Waals surface area contributed by atoms with Gasteiger partial charge in [0.25, 0.3) is 5.92 Å². The fraction of sp³-hybridized carbons (Fsp3) is 0.632. The van der Waals surface area contributed by atoms with Crippen molar-refractivity contribution in [2.24, 2.45) is 5.92 Å². The molecule has 0 spiro atoms. The third-order valence-electron chi connectivity index (χ3n) is 4.36. The number of aromatic nitrogens is 2. The number of amides is 1. The molecule has 184 valence electrons. The Morgan fingerprint density at radius 3 is 2.58 bits per heavy atom. The molecule has 1 saturated heterocycles. The number of esters is 1. The molecule has 0 aromatic carbocycles. The highest BCUT2D eigenvalue weighted by Crippen LogP contribution is 2.46. The van der Waals surface area contributed by atoms with Gasteiger partial charge >= 0.3 is 23.7 Å². The minimum atomic E-state index is -3.50. The molecule has 1 aliphatic heterocycles. The van der Waals surface area contributed by atoms with Crippen molar-refractivity contribution in [1.29, 1.82) is 0 Å². The van der Waals surface area contributed by atoms with Crippen LogP contribution in [0.1, 0.15) is 33.9 Å². The van der Waals surface area contributed by atoms with Crippen LogP contribution in [-0.4, -0.2) is 68.4 Å². The third-order valence-corrected chi connectivity index (χ3v) is 5.25. The lowest BCUT2D eigenvalue weighted by molar-refractivity contribution is -0.147. The van der Waals surface area contributed by atoms with Crippen molar-refractivity contribution in [3.63, 3.8) is 0 Å². The van der Waals surface area contributed by atoms with Gasteiger partial charge in [0, 0.05) is 6.20 Å². The molecule has 0 radical (unpaired) electrons. The Labute approximate surface area is 191 Å². The molecular formula is C19H25F2N3O8S. The van der Waals surface area contributed by atoms with E-state index in [4.69, 9.17) is 19.3 Å². The summed E-state index contributed by atoms with van der Waals surface area (Å²) in [7, 11) is 0. The lowest BCUT2D eigenvalue weighted by Gasteiger charge is -2.22. The first-order valence-corrected chi connectivity index (χ1v) is 10.9. The number of carbonyl (C=O) groups is 3. The van der Waals surface area contributed by atoms with Crippen LogP contribution in [0.2, 0.25) is 0 Å². The van der Waals surface area contributed by atoms with Crippen LogP contribution in [0.5, 0.6) is 0 Å². The highest BCUT2D eigenvalue weighted by atomic mass is 32.2. The SMILES string of the molecule is C[C@H]1[C@@H](COC(=O)CSCC(=O)O)O[C@@H](n2ccc(NC(=O)OC(C)(C)C)nc2=O)C1(F)F. The maximum absolute atomic E-state index is 14.8. The largest absolute Gasteiger partial charge is 0.481 e. The zero-order valence-corrected chi connectivity index (χ0v) is 19.2. The molecule has 1 fully saturated rings. The van der Waals surface area contributed by atoms with Crippen molar-refractivity contribution in [3.8, 4) is 0 Å². The Kier molecular flexibility index (Phi) is 8.41. The molecule has 33 heavy (non-hydrogen) atoms. The summed E-state index contributed by atoms with van der Waals surface area (Å²) in [6, 6.07) is 1.14. The molecule has 14 heteroatoms. The summed E-state index contributed by atoms with van der Waals surface area (Å²) < 4.78 is 45.5. The van der Waals surface area contributed by atoms with E-state index in [-0.39, 0.29) is 17.3 Å². The minimum absolute atomic E-state index is 0.191. The number of ether oxygens (including phenoxy) is 3. The standard InChI is InChI=1S/C19H25F2N3O8S/c1-10-11(7-30-14(27)9-33-8-13(25)26)31-15(19(10,20)21)24-6-5-12(22-16(24)28)23-17(29)32-18(2,3)4/h5-6,10-11,15H,7-9H2,1-4H3,(H,25,26)(H,22,23,28,29)/t10-,11+,15+/m0/s1. The normalized spacial score (nSPS) is 21.9. The van der Waals surface area contributed by atoms with E-state index in [9.17, 15) is 28.0 Å². The van der Waals surface area contributed by atoms with Crippen molar-refractivity contribution < 1.29 is 42.5 Å². The molecule has 0 saturated carbocycles. The van der Waals surface area contributed by atoms with Crippen LogP contribution < -0.4 is 11.0 Å². The van der Waals surface area contributed by atoms with E-state index < -0.39 is 60.1 Å². The van der Waals surface area contributed by atoms with Crippen molar-refractivity contribution >= 4 is 35.6 Å². The summed E-state index contributed by atoms with van der Waals surface area (Å²) in [6.07, 6.45) is -3.09. The number of thioether (sulfide) groups is 1. The summed E-state index contributed by atoms with van der Waals surface area (Å²) >= 11 is 0.805. The topological polar surface area (TPSA) is 146 Å². The number of anilines is 1. The molecule has 11 nitrogen and oxygen atoms in total. The van der Waals surface area contributed by atoms with Gasteiger partial charge in [-0.2, -0.15) is 4.98 Å². The first-order chi connectivity index (χ1) is 15.2. The maximum atomic E-state index is 14.8. The summed E-state index contributed by atoms with van der Waals surface area (Å²) in [6.45, 7) is 5.61. The molecule has 0 unspecified atom stereocenters. The second-order valence-corrected chi connectivity index (χ2v) is 9.17. The number of carbonyl (C=O) groups excluding carboxylic acids is 2. The smallest absolute Gasteiger partial charge is 0.413 e. The van der Waals surface area contributed by atoms with E-state index in [0.717, 1.165) is 24.0 Å². The number of carboxylic acids is 1. The quantitative estimate of drug-likeness (QED) is 0.516. The summed E-state index contributed by atoms with van der Waals surface area (Å²) in [4.78, 5) is 49.8. The highest BCUT2D eigenvalue weighted by Gasteiger charge is 2.58. The number of hydrogen-bond acceptors (Lipinski definition) is 9. The molecule has 0 bridgehead atoms. The Morgan fingerprint density at radius 2 is 2.00 bits per heavy atom. The molecule has 2 rings (SSSR count). The zero-order chi connectivity index (χ0) is 25.0. The Hall–Kier alpha value is -2.74. The molecule has 1 aromatic rings. The number of carboxylic acid groups (broad SMARTS) is 1. The molecule has 2 heterocycles. The fourth-order valence-electron chi connectivity index (χ4n) is 2.79. The van der Waals surface area contributed by atoms with E-state index in [0.29, 0.717) is 4.57 Å². The average Bonchev–Trinajstić information content (AvgIpc) is 2.88. The molecule has 1 aromatic heterocycles.